The van der Waals surface area contributed by atoms with E-state index in [4.69, 9.17) is 14.2 Å². The maximum Gasteiger partial charge on any atom is 0.203 e. The Hall–Kier alpha value is -2.69. The molecule has 0 fully saturated rings. The van der Waals surface area contributed by atoms with E-state index in [-0.39, 0.29) is 6.10 Å². The zero-order valence-corrected chi connectivity index (χ0v) is 13.3. The molecule has 1 N–H and O–H groups in total. The van der Waals surface area contributed by atoms with Gasteiger partial charge >= 0.3 is 0 Å². The molecule has 0 bridgehead atoms. The average Bonchev–Trinajstić information content (AvgIpc) is 3.14. The van der Waals surface area contributed by atoms with Gasteiger partial charge < -0.3 is 19.5 Å². The molecule has 0 radical (unpaired) electrons. The summed E-state index contributed by atoms with van der Waals surface area (Å²) in [5, 5.41) is 3.29. The third-order valence-corrected chi connectivity index (χ3v) is 3.66. The van der Waals surface area contributed by atoms with E-state index in [0.717, 1.165) is 24.5 Å². The highest BCUT2D eigenvalue weighted by Gasteiger charge is 2.24. The molecule has 2 aromatic carbocycles. The minimum Gasteiger partial charge on any atom is -0.493 e. The number of nitrogens with zero attached hydrogens (tertiary/aromatic N) is 1. The molecule has 120 valence electrons. The van der Waals surface area contributed by atoms with Crippen LogP contribution in [-0.2, 0) is 0 Å². The molecule has 1 aliphatic heterocycles. The van der Waals surface area contributed by atoms with Gasteiger partial charge in [-0.2, -0.15) is 0 Å². The van der Waals surface area contributed by atoms with Crippen LogP contribution in [-0.4, -0.2) is 33.1 Å². The second kappa shape index (κ2) is 7.05. The summed E-state index contributed by atoms with van der Waals surface area (Å²) < 4.78 is 17.0. The Balaban J connectivity index is 1.96. The van der Waals surface area contributed by atoms with Crippen LogP contribution < -0.4 is 19.5 Å². The molecule has 0 amide bonds. The fourth-order valence-electron chi connectivity index (χ4n) is 2.58. The number of benzene rings is 2. The predicted octanol–water partition coefficient (Wildman–Crippen LogP) is 2.83. The van der Waals surface area contributed by atoms with Crippen molar-refractivity contribution in [3.8, 4) is 17.2 Å². The van der Waals surface area contributed by atoms with Gasteiger partial charge in [-0.15, -0.1) is 0 Å². The van der Waals surface area contributed by atoms with Crippen molar-refractivity contribution in [3.05, 3.63) is 54.1 Å². The Morgan fingerprint density at radius 2 is 1.74 bits per heavy atom. The Bertz CT molecular complexity index is 686. The molecule has 1 atom stereocenters. The van der Waals surface area contributed by atoms with E-state index in [1.807, 2.05) is 48.5 Å². The van der Waals surface area contributed by atoms with E-state index in [2.05, 4.69) is 10.3 Å². The molecule has 1 unspecified atom stereocenters. The molecule has 1 heterocycles. The van der Waals surface area contributed by atoms with Crippen LogP contribution in [0.25, 0.3) is 0 Å². The summed E-state index contributed by atoms with van der Waals surface area (Å²) in [7, 11) is 3.21. The molecule has 0 aromatic heterocycles. The van der Waals surface area contributed by atoms with E-state index >= 15 is 0 Å². The van der Waals surface area contributed by atoms with Gasteiger partial charge in [-0.1, -0.05) is 36.4 Å². The van der Waals surface area contributed by atoms with Gasteiger partial charge in [0.05, 0.1) is 20.8 Å². The number of para-hydroxylation sites is 1. The third kappa shape index (κ3) is 3.23. The maximum atomic E-state index is 6.25. The molecule has 0 saturated carbocycles. The zero-order valence-electron chi connectivity index (χ0n) is 13.3. The van der Waals surface area contributed by atoms with Crippen molar-refractivity contribution in [1.82, 2.24) is 5.32 Å². The molecule has 5 nitrogen and oxygen atoms in total. The summed E-state index contributed by atoms with van der Waals surface area (Å²) in [6.07, 6.45) is -0.306. The van der Waals surface area contributed by atoms with E-state index in [1.165, 1.54) is 0 Å². The minimum atomic E-state index is -0.306. The number of hydrogen-bond donors (Lipinski definition) is 1. The number of rotatable bonds is 6. The number of aliphatic imine (C=N–C) groups is 1. The lowest BCUT2D eigenvalue weighted by Gasteiger charge is -2.22. The predicted molar refractivity (Wildman–Crippen MR) is 89.7 cm³/mol. The highest BCUT2D eigenvalue weighted by atomic mass is 16.5. The molecule has 1 aliphatic rings. The van der Waals surface area contributed by atoms with Gasteiger partial charge in [0.25, 0.3) is 0 Å². The number of ether oxygens (including phenoxy) is 3. The molecular formula is C18H20N2O3. The molecule has 5 heteroatoms. The highest BCUT2D eigenvalue weighted by Crippen LogP contribution is 2.39. The molecule has 23 heavy (non-hydrogen) atoms. The van der Waals surface area contributed by atoms with Gasteiger partial charge in [0, 0.05) is 6.54 Å². The number of amidine groups is 1. The first-order valence-corrected chi connectivity index (χ1v) is 7.54. The first kappa shape index (κ1) is 15.2. The average molecular weight is 312 g/mol. The highest BCUT2D eigenvalue weighted by molar-refractivity contribution is 5.89. The van der Waals surface area contributed by atoms with Crippen LogP contribution >= 0.6 is 0 Å². The van der Waals surface area contributed by atoms with E-state index in [1.54, 1.807) is 14.2 Å². The van der Waals surface area contributed by atoms with Gasteiger partial charge in [0.15, 0.2) is 17.6 Å². The van der Waals surface area contributed by atoms with Crippen molar-refractivity contribution in [2.75, 3.05) is 27.3 Å². The monoisotopic (exact) mass is 312 g/mol. The number of nitrogens with one attached hydrogen (secondary N) is 1. The van der Waals surface area contributed by atoms with Crippen LogP contribution in [0.5, 0.6) is 17.2 Å². The molecule has 2 aromatic rings. The second-order valence-electron chi connectivity index (χ2n) is 5.09. The molecular weight excluding hydrogens is 292 g/mol. The van der Waals surface area contributed by atoms with Gasteiger partial charge in [-0.05, 0) is 17.7 Å². The largest absolute Gasteiger partial charge is 0.493 e. The zero-order chi connectivity index (χ0) is 16.1. The lowest BCUT2D eigenvalue weighted by molar-refractivity contribution is 0.249. The summed E-state index contributed by atoms with van der Waals surface area (Å²) in [6.45, 7) is 1.59. The van der Waals surface area contributed by atoms with Crippen molar-refractivity contribution in [2.24, 2.45) is 4.99 Å². The first-order valence-electron chi connectivity index (χ1n) is 7.54. The van der Waals surface area contributed by atoms with Crippen LogP contribution in [0, 0.1) is 0 Å². The topological polar surface area (TPSA) is 52.1 Å². The van der Waals surface area contributed by atoms with Crippen LogP contribution in [0.1, 0.15) is 11.7 Å². The van der Waals surface area contributed by atoms with Crippen LogP contribution in [0.4, 0.5) is 0 Å². The van der Waals surface area contributed by atoms with Gasteiger partial charge in [-0.25, -0.2) is 0 Å². The van der Waals surface area contributed by atoms with Crippen molar-refractivity contribution < 1.29 is 14.2 Å². The van der Waals surface area contributed by atoms with Crippen LogP contribution in [0.2, 0.25) is 0 Å². The van der Waals surface area contributed by atoms with Gasteiger partial charge in [-0.3, -0.25) is 4.99 Å². The van der Waals surface area contributed by atoms with Crippen molar-refractivity contribution in [2.45, 2.75) is 6.10 Å². The number of hydrogen-bond acceptors (Lipinski definition) is 5. The fourth-order valence-corrected chi connectivity index (χ4v) is 2.58. The Kier molecular flexibility index (Phi) is 4.66. The lowest BCUT2D eigenvalue weighted by Crippen LogP contribution is -2.29. The van der Waals surface area contributed by atoms with Crippen LogP contribution in [0.15, 0.2) is 53.5 Å². The van der Waals surface area contributed by atoms with E-state index in [0.29, 0.717) is 17.2 Å². The quantitative estimate of drug-likeness (QED) is 0.891. The summed E-state index contributed by atoms with van der Waals surface area (Å²) in [6, 6.07) is 15.6. The summed E-state index contributed by atoms with van der Waals surface area (Å²) in [5.41, 5.74) is 1.03. The normalized spacial score (nSPS) is 14.6. The van der Waals surface area contributed by atoms with Gasteiger partial charge in [0.2, 0.25) is 5.75 Å². The summed E-state index contributed by atoms with van der Waals surface area (Å²) >= 11 is 0. The number of methoxy groups -OCH3 is 2. The van der Waals surface area contributed by atoms with Crippen LogP contribution in [0.3, 0.4) is 0 Å². The van der Waals surface area contributed by atoms with E-state index < -0.39 is 0 Å². The Morgan fingerprint density at radius 3 is 2.39 bits per heavy atom. The standard InChI is InChI=1S/C18H20N2O3/c1-21-14-9-6-10-15(17(14)22-2)23-16(18-19-11-12-20-18)13-7-4-3-5-8-13/h3-10,16H,11-12H2,1-2H3,(H,19,20). The molecule has 0 aliphatic carbocycles. The lowest BCUT2D eigenvalue weighted by atomic mass is 10.1. The SMILES string of the molecule is COc1cccc(OC(C2=NCCN2)c2ccccc2)c1OC. The van der Waals surface area contributed by atoms with Gasteiger partial charge in [0.1, 0.15) is 5.84 Å². The smallest absolute Gasteiger partial charge is 0.203 e. The summed E-state index contributed by atoms with van der Waals surface area (Å²) in [5.74, 6) is 2.67. The van der Waals surface area contributed by atoms with Crippen molar-refractivity contribution in [1.29, 1.82) is 0 Å². The second-order valence-corrected chi connectivity index (χ2v) is 5.09. The van der Waals surface area contributed by atoms with Crippen molar-refractivity contribution >= 4 is 5.84 Å². The Labute approximate surface area is 135 Å². The maximum absolute atomic E-state index is 6.25. The minimum absolute atomic E-state index is 0.306. The first-order chi connectivity index (χ1) is 11.3. The third-order valence-electron chi connectivity index (χ3n) is 3.66. The fraction of sp³-hybridized carbons (Fsp3) is 0.278. The summed E-state index contributed by atoms with van der Waals surface area (Å²) in [4.78, 5) is 4.52. The molecule has 3 rings (SSSR count). The van der Waals surface area contributed by atoms with E-state index in [9.17, 15) is 0 Å². The molecule has 0 saturated heterocycles. The Morgan fingerprint density at radius 1 is 0.957 bits per heavy atom. The van der Waals surface area contributed by atoms with Crippen molar-refractivity contribution in [3.63, 3.8) is 0 Å². The molecule has 0 spiro atoms.